The first-order valence-electron chi connectivity index (χ1n) is 9.38. The van der Waals surface area contributed by atoms with Crippen LogP contribution in [-0.4, -0.2) is 25.2 Å². The number of nitrogens with one attached hydrogen (secondary N) is 1. The third kappa shape index (κ3) is 4.45. The Hall–Kier alpha value is -2.45. The van der Waals surface area contributed by atoms with Crippen molar-refractivity contribution in [2.45, 2.75) is 17.9 Å². The van der Waals surface area contributed by atoms with Crippen molar-refractivity contribution in [1.29, 1.82) is 0 Å². The predicted octanol–water partition coefficient (Wildman–Crippen LogP) is 5.13. The minimum atomic E-state index is -3.69. The van der Waals surface area contributed by atoms with Crippen molar-refractivity contribution >= 4 is 44.8 Å². The Bertz CT molecular complexity index is 1240. The second-order valence-electron chi connectivity index (χ2n) is 7.08. The Morgan fingerprint density at radius 2 is 1.74 bits per heavy atom. The maximum absolute atomic E-state index is 14.0. The first-order chi connectivity index (χ1) is 14.8. The maximum atomic E-state index is 14.0. The van der Waals surface area contributed by atoms with Gasteiger partial charge in [-0.15, -0.1) is 0 Å². The van der Waals surface area contributed by atoms with Crippen LogP contribution >= 0.6 is 23.2 Å². The summed E-state index contributed by atoms with van der Waals surface area (Å²) in [6, 6.07) is 15.3. The molecule has 31 heavy (non-hydrogen) atoms. The number of carbonyl (C=O) groups excluding carboxylic acids is 1. The quantitative estimate of drug-likeness (QED) is 0.564. The largest absolute Gasteiger partial charge is 0.322 e. The van der Waals surface area contributed by atoms with E-state index in [0.717, 1.165) is 17.2 Å². The number of halogens is 3. The molecule has 5 nitrogen and oxygen atoms in total. The van der Waals surface area contributed by atoms with Crippen LogP contribution in [0.25, 0.3) is 0 Å². The normalized spacial score (nSPS) is 14.2. The molecule has 0 spiro atoms. The van der Waals surface area contributed by atoms with E-state index in [2.05, 4.69) is 5.32 Å². The summed E-state index contributed by atoms with van der Waals surface area (Å²) in [4.78, 5) is 12.7. The average molecular weight is 479 g/mol. The zero-order valence-electron chi connectivity index (χ0n) is 16.1. The molecule has 0 aromatic heterocycles. The number of amides is 1. The van der Waals surface area contributed by atoms with Gasteiger partial charge >= 0.3 is 0 Å². The molecule has 0 unspecified atom stereocenters. The molecular formula is C22H17Cl2FN2O3S. The molecule has 0 atom stereocenters. The monoisotopic (exact) mass is 478 g/mol. The summed E-state index contributed by atoms with van der Waals surface area (Å²) in [6.45, 7) is 0.499. The van der Waals surface area contributed by atoms with Gasteiger partial charge in [-0.25, -0.2) is 12.8 Å². The number of fused-ring (bicyclic) bond motifs is 1. The highest BCUT2D eigenvalue weighted by molar-refractivity contribution is 7.89. The summed E-state index contributed by atoms with van der Waals surface area (Å²) in [5.41, 5.74) is 1.94. The van der Waals surface area contributed by atoms with E-state index in [1.54, 1.807) is 12.1 Å². The van der Waals surface area contributed by atoms with Crippen LogP contribution in [0, 0.1) is 5.82 Å². The molecule has 0 saturated carbocycles. The van der Waals surface area contributed by atoms with Crippen molar-refractivity contribution in [2.75, 3.05) is 11.9 Å². The standard InChI is InChI=1S/C22H17Cl2FN2O3S/c23-16-5-8-18(9-6-16)31(29,30)27-11-10-14-4-7-17(12-15(14)13-27)26-22(28)21-19(24)2-1-3-20(21)25/h1-9,12H,10-11,13H2,(H,26,28). The lowest BCUT2D eigenvalue weighted by atomic mass is 10.0. The Kier molecular flexibility index (Phi) is 6.03. The smallest absolute Gasteiger partial charge is 0.260 e. The number of benzene rings is 3. The van der Waals surface area contributed by atoms with Crippen LogP contribution in [0.15, 0.2) is 65.6 Å². The van der Waals surface area contributed by atoms with E-state index in [4.69, 9.17) is 23.2 Å². The van der Waals surface area contributed by atoms with Crippen LogP contribution in [0.3, 0.4) is 0 Å². The maximum Gasteiger partial charge on any atom is 0.260 e. The molecule has 9 heteroatoms. The van der Waals surface area contributed by atoms with Crippen molar-refractivity contribution in [3.8, 4) is 0 Å². The topological polar surface area (TPSA) is 66.5 Å². The number of carbonyl (C=O) groups is 1. The molecule has 1 heterocycles. The first-order valence-corrected chi connectivity index (χ1v) is 11.6. The zero-order chi connectivity index (χ0) is 22.2. The van der Waals surface area contributed by atoms with Gasteiger partial charge in [0.1, 0.15) is 5.82 Å². The minimum absolute atomic E-state index is 0.00990. The van der Waals surface area contributed by atoms with Crippen molar-refractivity contribution in [2.24, 2.45) is 0 Å². The van der Waals surface area contributed by atoms with E-state index in [1.165, 1.54) is 40.7 Å². The SMILES string of the molecule is O=C(Nc1ccc2c(c1)CN(S(=O)(=O)c1ccc(Cl)cc1)CC2)c1c(F)cccc1Cl. The van der Waals surface area contributed by atoms with Crippen LogP contribution in [0.5, 0.6) is 0 Å². The van der Waals surface area contributed by atoms with Crippen LogP contribution in [0.4, 0.5) is 10.1 Å². The Morgan fingerprint density at radius 1 is 1.00 bits per heavy atom. The minimum Gasteiger partial charge on any atom is -0.322 e. The van der Waals surface area contributed by atoms with Gasteiger partial charge in [-0.05, 0) is 66.1 Å². The molecule has 3 aromatic rings. The summed E-state index contributed by atoms with van der Waals surface area (Å²) in [6.07, 6.45) is 0.537. The van der Waals surface area contributed by atoms with Gasteiger partial charge in [0.2, 0.25) is 10.0 Å². The van der Waals surface area contributed by atoms with E-state index in [1.807, 2.05) is 6.07 Å². The summed E-state index contributed by atoms with van der Waals surface area (Å²) in [5.74, 6) is -1.40. The van der Waals surface area contributed by atoms with Crippen LogP contribution in [0.1, 0.15) is 21.5 Å². The number of nitrogens with zero attached hydrogens (tertiary/aromatic N) is 1. The van der Waals surface area contributed by atoms with Gasteiger partial charge < -0.3 is 5.32 Å². The number of rotatable bonds is 4. The summed E-state index contributed by atoms with van der Waals surface area (Å²) < 4.78 is 41.4. The van der Waals surface area contributed by atoms with E-state index >= 15 is 0 Å². The van der Waals surface area contributed by atoms with Crippen molar-refractivity contribution in [3.63, 3.8) is 0 Å². The van der Waals surface area contributed by atoms with E-state index in [0.29, 0.717) is 23.7 Å². The van der Waals surface area contributed by atoms with E-state index < -0.39 is 21.7 Å². The summed E-state index contributed by atoms with van der Waals surface area (Å²) >= 11 is 11.8. The van der Waals surface area contributed by atoms with Crippen LogP contribution in [0.2, 0.25) is 10.0 Å². The molecule has 160 valence electrons. The lowest BCUT2D eigenvalue weighted by molar-refractivity contribution is 0.102. The van der Waals surface area contributed by atoms with Gasteiger partial charge in [-0.2, -0.15) is 4.31 Å². The Morgan fingerprint density at radius 3 is 2.45 bits per heavy atom. The Labute approximate surface area is 189 Å². The van der Waals surface area contributed by atoms with Crippen LogP contribution in [-0.2, 0) is 23.0 Å². The molecule has 4 rings (SSSR count). The van der Waals surface area contributed by atoms with E-state index in [9.17, 15) is 17.6 Å². The molecule has 1 amide bonds. The molecule has 3 aromatic carbocycles. The first kappa shape index (κ1) is 21.8. The number of sulfonamides is 1. The predicted molar refractivity (Wildman–Crippen MR) is 119 cm³/mol. The number of hydrogen-bond acceptors (Lipinski definition) is 3. The molecule has 1 aliphatic rings. The number of anilines is 1. The van der Waals surface area contributed by atoms with Gasteiger partial charge in [-0.1, -0.05) is 35.3 Å². The molecular weight excluding hydrogens is 462 g/mol. The van der Waals surface area contributed by atoms with Crippen LogP contribution < -0.4 is 5.32 Å². The average Bonchev–Trinajstić information content (AvgIpc) is 2.73. The molecule has 0 fully saturated rings. The second kappa shape index (κ2) is 8.59. The lowest BCUT2D eigenvalue weighted by Gasteiger charge is -2.28. The third-order valence-electron chi connectivity index (χ3n) is 5.08. The van der Waals surface area contributed by atoms with Gasteiger partial charge in [0.05, 0.1) is 15.5 Å². The highest BCUT2D eigenvalue weighted by Gasteiger charge is 2.28. The lowest BCUT2D eigenvalue weighted by Crippen LogP contribution is -2.36. The molecule has 0 saturated heterocycles. The fourth-order valence-electron chi connectivity index (χ4n) is 3.48. The second-order valence-corrected chi connectivity index (χ2v) is 9.86. The van der Waals surface area contributed by atoms with Gasteiger partial charge in [-0.3, -0.25) is 4.79 Å². The molecule has 0 aliphatic carbocycles. The van der Waals surface area contributed by atoms with E-state index in [-0.39, 0.29) is 22.0 Å². The van der Waals surface area contributed by atoms with Gasteiger partial charge in [0.25, 0.3) is 5.91 Å². The van der Waals surface area contributed by atoms with Crippen molar-refractivity contribution in [1.82, 2.24) is 4.31 Å². The highest BCUT2D eigenvalue weighted by atomic mass is 35.5. The Balaban J connectivity index is 1.57. The number of hydrogen-bond donors (Lipinski definition) is 1. The zero-order valence-corrected chi connectivity index (χ0v) is 18.4. The third-order valence-corrected chi connectivity index (χ3v) is 7.51. The molecule has 1 N–H and O–H groups in total. The molecule has 0 radical (unpaired) electrons. The molecule has 1 aliphatic heterocycles. The molecule has 0 bridgehead atoms. The summed E-state index contributed by atoms with van der Waals surface area (Å²) in [7, 11) is -3.69. The summed E-state index contributed by atoms with van der Waals surface area (Å²) in [5, 5.41) is 3.10. The van der Waals surface area contributed by atoms with Gasteiger partial charge in [0.15, 0.2) is 0 Å². The van der Waals surface area contributed by atoms with Crippen molar-refractivity contribution in [3.05, 3.63) is 93.2 Å². The fourth-order valence-corrected chi connectivity index (χ4v) is 5.27. The highest BCUT2D eigenvalue weighted by Crippen LogP contribution is 2.28. The van der Waals surface area contributed by atoms with Gasteiger partial charge in [0, 0.05) is 23.8 Å². The fraction of sp³-hybridized carbons (Fsp3) is 0.136. The van der Waals surface area contributed by atoms with Crippen molar-refractivity contribution < 1.29 is 17.6 Å².